The molecule has 0 spiro atoms. The largest absolute Gasteiger partial charge is 0.497 e. The topological polar surface area (TPSA) is 87.7 Å². The van der Waals surface area contributed by atoms with Gasteiger partial charge in [0.2, 0.25) is 5.16 Å². The fourth-order valence-corrected chi connectivity index (χ4v) is 4.69. The summed E-state index contributed by atoms with van der Waals surface area (Å²) in [6.07, 6.45) is 1.76. The molecule has 8 nitrogen and oxygen atoms in total. The van der Waals surface area contributed by atoms with Crippen molar-refractivity contribution < 1.29 is 9.53 Å². The molecule has 0 unspecified atom stereocenters. The number of aromatic nitrogens is 6. The number of hydrogen-bond acceptors (Lipinski definition) is 8. The number of nitrogens with zero attached hydrogens (tertiary/aromatic N) is 6. The van der Waals surface area contributed by atoms with Gasteiger partial charge in [-0.25, -0.2) is 9.67 Å². The van der Waals surface area contributed by atoms with Gasteiger partial charge < -0.3 is 4.74 Å². The molecule has 0 aliphatic rings. The second-order valence-electron chi connectivity index (χ2n) is 6.61. The van der Waals surface area contributed by atoms with E-state index in [9.17, 15) is 4.79 Å². The normalized spacial score (nSPS) is 11.0. The molecule has 10 heteroatoms. The van der Waals surface area contributed by atoms with Gasteiger partial charge >= 0.3 is 0 Å². The van der Waals surface area contributed by atoms with Crippen molar-refractivity contribution in [2.75, 3.05) is 12.9 Å². The quantitative estimate of drug-likeness (QED) is 0.306. The van der Waals surface area contributed by atoms with E-state index in [1.54, 1.807) is 29.3 Å². The maximum atomic E-state index is 12.9. The third kappa shape index (κ3) is 4.14. The number of Topliss-reactive ketones (excluding diaryl/α,β-unsaturated/α-hetero) is 1. The first-order valence-corrected chi connectivity index (χ1v) is 11.1. The molecule has 4 rings (SSSR count). The molecular formula is C20H20N6O2S2. The summed E-state index contributed by atoms with van der Waals surface area (Å²) in [5, 5.41) is 15.3. The summed E-state index contributed by atoms with van der Waals surface area (Å²) in [5.74, 6) is 1.09. The molecule has 0 bridgehead atoms. The van der Waals surface area contributed by atoms with Crippen LogP contribution in [0, 0.1) is 13.8 Å². The fourth-order valence-electron chi connectivity index (χ4n) is 3.18. The number of methoxy groups -OCH3 is 1. The lowest BCUT2D eigenvalue weighted by Gasteiger charge is -2.06. The minimum atomic E-state index is 0.0369. The van der Waals surface area contributed by atoms with Gasteiger partial charge in [-0.15, -0.1) is 16.4 Å². The molecule has 0 atom stereocenters. The molecule has 0 fully saturated rings. The predicted molar refractivity (Wildman–Crippen MR) is 116 cm³/mol. The number of thioether (sulfide) groups is 1. The maximum Gasteiger partial charge on any atom is 0.210 e. The summed E-state index contributed by atoms with van der Waals surface area (Å²) in [5.41, 5.74) is 3.62. The first kappa shape index (κ1) is 20.3. The van der Waals surface area contributed by atoms with Crippen LogP contribution in [-0.4, -0.2) is 48.4 Å². The number of ketones is 1. The summed E-state index contributed by atoms with van der Waals surface area (Å²) >= 11 is 2.88. The van der Waals surface area contributed by atoms with Crippen molar-refractivity contribution in [3.63, 3.8) is 0 Å². The molecule has 3 aromatic heterocycles. The van der Waals surface area contributed by atoms with Gasteiger partial charge in [-0.2, -0.15) is 0 Å². The standard InChI is InChI=1S/C20H20N6O2S2/c1-13-10-17(14(2)26(13)19-21-8-9-29-19)18(27)12-30-20-22-23-24-25(20)11-15-4-6-16(28-3)7-5-15/h4-10H,11-12H2,1-3H3. The molecule has 0 radical (unpaired) electrons. The highest BCUT2D eigenvalue weighted by atomic mass is 32.2. The summed E-state index contributed by atoms with van der Waals surface area (Å²) in [4.78, 5) is 17.3. The smallest absolute Gasteiger partial charge is 0.210 e. The highest BCUT2D eigenvalue weighted by Crippen LogP contribution is 2.25. The number of ether oxygens (including phenoxy) is 1. The molecule has 0 saturated carbocycles. The molecule has 4 aromatic rings. The van der Waals surface area contributed by atoms with Crippen molar-refractivity contribution in [1.29, 1.82) is 0 Å². The number of aryl methyl sites for hydroxylation is 1. The third-order valence-corrected chi connectivity index (χ3v) is 6.38. The van der Waals surface area contributed by atoms with E-state index < -0.39 is 0 Å². The van der Waals surface area contributed by atoms with Crippen LogP contribution in [0.3, 0.4) is 0 Å². The monoisotopic (exact) mass is 440 g/mol. The average molecular weight is 441 g/mol. The van der Waals surface area contributed by atoms with Gasteiger partial charge in [-0.1, -0.05) is 23.9 Å². The lowest BCUT2D eigenvalue weighted by atomic mass is 10.2. The highest BCUT2D eigenvalue weighted by molar-refractivity contribution is 7.99. The number of thiazole rings is 1. The SMILES string of the molecule is COc1ccc(Cn2nnnc2SCC(=O)c2cc(C)n(-c3nccs3)c2C)cc1. The molecule has 0 N–H and O–H groups in total. The first-order chi connectivity index (χ1) is 14.6. The molecule has 3 heterocycles. The Labute approximate surface area is 181 Å². The second-order valence-corrected chi connectivity index (χ2v) is 8.43. The number of hydrogen-bond donors (Lipinski definition) is 0. The van der Waals surface area contributed by atoms with E-state index in [0.717, 1.165) is 27.8 Å². The molecular weight excluding hydrogens is 420 g/mol. The molecule has 0 amide bonds. The van der Waals surface area contributed by atoms with Gasteiger partial charge in [0.25, 0.3) is 0 Å². The zero-order valence-corrected chi connectivity index (χ0v) is 18.4. The highest BCUT2D eigenvalue weighted by Gasteiger charge is 2.19. The van der Waals surface area contributed by atoms with Gasteiger partial charge in [0.05, 0.1) is 19.4 Å². The van der Waals surface area contributed by atoms with Crippen LogP contribution in [0.15, 0.2) is 47.1 Å². The van der Waals surface area contributed by atoms with Crippen molar-refractivity contribution in [2.45, 2.75) is 25.5 Å². The van der Waals surface area contributed by atoms with Crippen LogP contribution >= 0.6 is 23.1 Å². The van der Waals surface area contributed by atoms with E-state index in [2.05, 4.69) is 20.5 Å². The lowest BCUT2D eigenvalue weighted by molar-refractivity contribution is 0.102. The number of carbonyl (C=O) groups excluding carboxylic acids is 1. The number of carbonyl (C=O) groups is 1. The fraction of sp³-hybridized carbons (Fsp3) is 0.250. The third-order valence-electron chi connectivity index (χ3n) is 4.66. The molecule has 0 aliphatic carbocycles. The maximum absolute atomic E-state index is 12.9. The van der Waals surface area contributed by atoms with Gasteiger partial charge in [0.15, 0.2) is 10.9 Å². The molecule has 0 aliphatic heterocycles. The van der Waals surface area contributed by atoms with Crippen molar-refractivity contribution in [3.05, 3.63) is 64.4 Å². The molecule has 30 heavy (non-hydrogen) atoms. The minimum Gasteiger partial charge on any atom is -0.497 e. The summed E-state index contributed by atoms with van der Waals surface area (Å²) in [6.45, 7) is 4.44. The number of rotatable bonds is 8. The van der Waals surface area contributed by atoms with E-state index in [4.69, 9.17) is 4.74 Å². The first-order valence-electron chi connectivity index (χ1n) is 9.20. The van der Waals surface area contributed by atoms with Gasteiger partial charge in [-0.3, -0.25) is 9.36 Å². The zero-order chi connectivity index (χ0) is 21.1. The summed E-state index contributed by atoms with van der Waals surface area (Å²) in [6, 6.07) is 9.64. The van der Waals surface area contributed by atoms with E-state index >= 15 is 0 Å². The van der Waals surface area contributed by atoms with Gasteiger partial charge in [-0.05, 0) is 48.0 Å². The second kappa shape index (κ2) is 8.80. The zero-order valence-electron chi connectivity index (χ0n) is 16.8. The Morgan fingerprint density at radius 2 is 2.03 bits per heavy atom. The molecule has 1 aromatic carbocycles. The lowest BCUT2D eigenvalue weighted by Crippen LogP contribution is -2.08. The predicted octanol–water partition coefficient (Wildman–Crippen LogP) is 3.57. The van der Waals surface area contributed by atoms with Crippen molar-refractivity contribution in [3.8, 4) is 10.9 Å². The van der Waals surface area contributed by atoms with Crippen LogP contribution in [0.25, 0.3) is 5.13 Å². The number of benzene rings is 1. The summed E-state index contributed by atoms with van der Waals surface area (Å²) < 4.78 is 8.89. The van der Waals surface area contributed by atoms with E-state index in [1.807, 2.05) is 54.1 Å². The summed E-state index contributed by atoms with van der Waals surface area (Å²) in [7, 11) is 1.64. The van der Waals surface area contributed by atoms with Crippen LogP contribution in [0.1, 0.15) is 27.3 Å². The van der Waals surface area contributed by atoms with Crippen LogP contribution in [-0.2, 0) is 6.54 Å². The number of tetrazole rings is 1. The Morgan fingerprint density at radius 1 is 1.23 bits per heavy atom. The van der Waals surface area contributed by atoms with Crippen LogP contribution < -0.4 is 4.74 Å². The molecule has 0 saturated heterocycles. The van der Waals surface area contributed by atoms with Crippen molar-refractivity contribution >= 4 is 28.9 Å². The van der Waals surface area contributed by atoms with Crippen LogP contribution in [0.4, 0.5) is 0 Å². The van der Waals surface area contributed by atoms with E-state index in [1.165, 1.54) is 11.8 Å². The Hall–Kier alpha value is -2.98. The van der Waals surface area contributed by atoms with Crippen molar-refractivity contribution in [1.82, 2.24) is 29.8 Å². The van der Waals surface area contributed by atoms with Gasteiger partial charge in [0.1, 0.15) is 5.75 Å². The van der Waals surface area contributed by atoms with Gasteiger partial charge in [0, 0.05) is 28.5 Å². The van der Waals surface area contributed by atoms with Crippen molar-refractivity contribution in [2.24, 2.45) is 0 Å². The van der Waals surface area contributed by atoms with Crippen LogP contribution in [0.5, 0.6) is 5.75 Å². The Kier molecular flexibility index (Phi) is 5.96. The Morgan fingerprint density at radius 3 is 2.73 bits per heavy atom. The minimum absolute atomic E-state index is 0.0369. The Balaban J connectivity index is 1.45. The van der Waals surface area contributed by atoms with Crippen LogP contribution in [0.2, 0.25) is 0 Å². The van der Waals surface area contributed by atoms with E-state index in [0.29, 0.717) is 17.3 Å². The van der Waals surface area contributed by atoms with E-state index in [-0.39, 0.29) is 11.5 Å². The molecule has 154 valence electrons. The Bertz CT molecular complexity index is 1150. The average Bonchev–Trinajstić information content (AvgIpc) is 3.48.